The van der Waals surface area contributed by atoms with Gasteiger partial charge in [-0.3, -0.25) is 9.69 Å². The number of morpholine rings is 1. The summed E-state index contributed by atoms with van der Waals surface area (Å²) in [5.41, 5.74) is 10.4. The number of carboxylic acid groups (broad SMARTS) is 1. The molecule has 3 aromatic carbocycles. The molecule has 2 amide bonds. The summed E-state index contributed by atoms with van der Waals surface area (Å²) in [6, 6.07) is 15.6. The first kappa shape index (κ1) is 27.2. The molecule has 11 heteroatoms. The van der Waals surface area contributed by atoms with Gasteiger partial charge >= 0.3 is 6.09 Å². The summed E-state index contributed by atoms with van der Waals surface area (Å²) in [7, 11) is 0. The number of rotatable bonds is 7. The number of carbonyl (C=O) groups is 2. The van der Waals surface area contributed by atoms with Crippen molar-refractivity contribution in [2.24, 2.45) is 5.73 Å². The second-order valence-electron chi connectivity index (χ2n) is 10.4. The number of H-pyrrole nitrogens is 1. The highest BCUT2D eigenvalue weighted by molar-refractivity contribution is 6.32. The van der Waals surface area contributed by atoms with Crippen LogP contribution in [0.15, 0.2) is 48.5 Å². The zero-order valence-electron chi connectivity index (χ0n) is 22.6. The molecular weight excluding hydrogens is 546 g/mol. The molecule has 2 aliphatic rings. The van der Waals surface area contributed by atoms with Crippen molar-refractivity contribution in [3.8, 4) is 16.9 Å². The van der Waals surface area contributed by atoms with Gasteiger partial charge in [0.05, 0.1) is 29.3 Å². The lowest BCUT2D eigenvalue weighted by atomic mass is 9.98. The minimum atomic E-state index is -0.891. The molecule has 214 valence electrons. The lowest BCUT2D eigenvalue weighted by molar-refractivity contribution is 0.0322. The summed E-state index contributed by atoms with van der Waals surface area (Å²) in [6.45, 7) is 6.77. The predicted octanol–water partition coefficient (Wildman–Crippen LogP) is 4.25. The highest BCUT2D eigenvalue weighted by atomic mass is 35.5. The fraction of sp³-hybridized carbons (Fsp3) is 0.333. The van der Waals surface area contributed by atoms with Gasteiger partial charge in [0.15, 0.2) is 0 Å². The third kappa shape index (κ3) is 5.63. The van der Waals surface area contributed by atoms with Gasteiger partial charge in [-0.1, -0.05) is 23.7 Å². The van der Waals surface area contributed by atoms with Crippen molar-refractivity contribution < 1.29 is 24.2 Å². The zero-order valence-corrected chi connectivity index (χ0v) is 23.3. The van der Waals surface area contributed by atoms with Crippen molar-refractivity contribution in [1.82, 2.24) is 14.8 Å². The van der Waals surface area contributed by atoms with E-state index in [9.17, 15) is 14.7 Å². The van der Waals surface area contributed by atoms with E-state index >= 15 is 0 Å². The predicted molar refractivity (Wildman–Crippen MR) is 159 cm³/mol. The van der Waals surface area contributed by atoms with Crippen LogP contribution in [0.2, 0.25) is 5.02 Å². The Morgan fingerprint density at radius 2 is 1.73 bits per heavy atom. The van der Waals surface area contributed by atoms with Crippen molar-refractivity contribution in [2.45, 2.75) is 0 Å². The normalized spacial score (nSPS) is 16.4. The molecule has 0 spiro atoms. The molecule has 3 heterocycles. The molecule has 0 atom stereocenters. The van der Waals surface area contributed by atoms with E-state index in [1.807, 2.05) is 42.5 Å². The maximum absolute atomic E-state index is 12.5. The average Bonchev–Trinajstić information content (AvgIpc) is 3.35. The lowest BCUT2D eigenvalue weighted by Crippen LogP contribution is -2.48. The molecule has 4 aromatic rings. The molecule has 6 rings (SSSR count). The number of piperazine rings is 1. The lowest BCUT2D eigenvalue weighted by Gasteiger charge is -2.34. The number of benzene rings is 3. The topological polar surface area (TPSA) is 124 Å². The molecule has 0 unspecified atom stereocenters. The quantitative estimate of drug-likeness (QED) is 0.300. The van der Waals surface area contributed by atoms with E-state index in [1.165, 1.54) is 4.90 Å². The Morgan fingerprint density at radius 3 is 2.44 bits per heavy atom. The van der Waals surface area contributed by atoms with E-state index < -0.39 is 12.0 Å². The molecule has 0 aliphatic carbocycles. The van der Waals surface area contributed by atoms with Crippen LogP contribution in [0.3, 0.4) is 0 Å². The van der Waals surface area contributed by atoms with Crippen LogP contribution in [0.1, 0.15) is 10.4 Å². The average molecular weight is 578 g/mol. The SMILES string of the molecule is NC(=O)c1cc(-c2ccc(OCCN3CCOCC3)c(Cl)c2)cc2c1[nH]c1cc(N3CCN(C(=O)O)CC3)ccc12. The standard InChI is InChI=1S/C30H32ClN5O5/c31-25-17-19(1-4-27(25)41-14-11-34-9-12-40-13-10-34)20-15-23-22-3-2-21(35-5-7-36(8-6-35)30(38)39)18-26(22)33-28(23)24(16-20)29(32)37/h1-4,15-18,33H,5-14H2,(H2,32,37)(H,38,39). The first-order valence-corrected chi connectivity index (χ1v) is 14.1. The smallest absolute Gasteiger partial charge is 0.407 e. The number of hydrogen-bond donors (Lipinski definition) is 3. The monoisotopic (exact) mass is 577 g/mol. The largest absolute Gasteiger partial charge is 0.491 e. The Balaban J connectivity index is 1.26. The molecular formula is C30H32ClN5O5. The number of nitrogens with two attached hydrogens (primary N) is 1. The summed E-state index contributed by atoms with van der Waals surface area (Å²) in [4.78, 5) is 33.1. The van der Waals surface area contributed by atoms with E-state index in [1.54, 1.807) is 6.07 Å². The number of anilines is 1. The highest BCUT2D eigenvalue weighted by Crippen LogP contribution is 2.36. The summed E-state index contributed by atoms with van der Waals surface area (Å²) in [5, 5.41) is 11.6. The minimum absolute atomic E-state index is 0.396. The first-order chi connectivity index (χ1) is 19.9. The van der Waals surface area contributed by atoms with Gasteiger partial charge in [-0.05, 0) is 47.5 Å². The number of fused-ring (bicyclic) bond motifs is 3. The molecule has 0 bridgehead atoms. The third-order valence-electron chi connectivity index (χ3n) is 7.91. The molecule has 10 nitrogen and oxygen atoms in total. The van der Waals surface area contributed by atoms with Crippen LogP contribution in [0.5, 0.6) is 5.75 Å². The van der Waals surface area contributed by atoms with Gasteiger partial charge in [0.25, 0.3) is 5.91 Å². The number of carbonyl (C=O) groups excluding carboxylic acids is 1. The number of aromatic nitrogens is 1. The Labute approximate surface area is 242 Å². The van der Waals surface area contributed by atoms with Crippen LogP contribution < -0.4 is 15.4 Å². The number of halogens is 1. The summed E-state index contributed by atoms with van der Waals surface area (Å²) in [6.07, 6.45) is -0.891. The van der Waals surface area contributed by atoms with E-state index in [-0.39, 0.29) is 0 Å². The van der Waals surface area contributed by atoms with Crippen molar-refractivity contribution >= 4 is 51.1 Å². The molecule has 2 saturated heterocycles. The summed E-state index contributed by atoms with van der Waals surface area (Å²) < 4.78 is 11.4. The molecule has 0 saturated carbocycles. The van der Waals surface area contributed by atoms with Gasteiger partial charge in [-0.15, -0.1) is 0 Å². The van der Waals surface area contributed by atoms with E-state index in [4.69, 9.17) is 26.8 Å². The van der Waals surface area contributed by atoms with Crippen molar-refractivity contribution in [2.75, 3.05) is 70.5 Å². The highest BCUT2D eigenvalue weighted by Gasteiger charge is 2.22. The van der Waals surface area contributed by atoms with Gasteiger partial charge in [0.2, 0.25) is 0 Å². The van der Waals surface area contributed by atoms with Crippen molar-refractivity contribution in [1.29, 1.82) is 0 Å². The molecule has 2 aliphatic heterocycles. The van der Waals surface area contributed by atoms with Crippen LogP contribution in [0.25, 0.3) is 32.9 Å². The number of amides is 2. The number of hydrogen-bond acceptors (Lipinski definition) is 6. The molecule has 1 aromatic heterocycles. The van der Waals surface area contributed by atoms with Gasteiger partial charge < -0.3 is 35.1 Å². The fourth-order valence-corrected chi connectivity index (χ4v) is 5.85. The summed E-state index contributed by atoms with van der Waals surface area (Å²) >= 11 is 6.62. The number of nitrogens with zero attached hydrogens (tertiary/aromatic N) is 3. The maximum Gasteiger partial charge on any atom is 0.407 e. The Kier molecular flexibility index (Phi) is 7.61. The van der Waals surface area contributed by atoms with Gasteiger partial charge in [0.1, 0.15) is 12.4 Å². The van der Waals surface area contributed by atoms with Gasteiger partial charge in [-0.25, -0.2) is 4.79 Å². The minimum Gasteiger partial charge on any atom is -0.491 e. The van der Waals surface area contributed by atoms with Crippen molar-refractivity contribution in [3.63, 3.8) is 0 Å². The van der Waals surface area contributed by atoms with E-state index in [0.717, 1.165) is 66.0 Å². The Morgan fingerprint density at radius 1 is 0.951 bits per heavy atom. The number of ether oxygens (including phenoxy) is 2. The molecule has 2 fully saturated rings. The number of nitrogens with one attached hydrogen (secondary N) is 1. The van der Waals surface area contributed by atoms with Crippen molar-refractivity contribution in [3.05, 3.63) is 59.1 Å². The van der Waals surface area contributed by atoms with Crippen LogP contribution in [-0.2, 0) is 4.74 Å². The van der Waals surface area contributed by atoms with Crippen LogP contribution >= 0.6 is 11.6 Å². The van der Waals surface area contributed by atoms with Crippen LogP contribution in [0.4, 0.5) is 10.5 Å². The second kappa shape index (κ2) is 11.5. The number of primary amides is 1. The van der Waals surface area contributed by atoms with Gasteiger partial charge in [-0.2, -0.15) is 0 Å². The molecule has 41 heavy (non-hydrogen) atoms. The Bertz CT molecular complexity index is 1610. The second-order valence-corrected chi connectivity index (χ2v) is 10.8. The van der Waals surface area contributed by atoms with Crippen LogP contribution in [0, 0.1) is 0 Å². The number of aromatic amines is 1. The Hall–Kier alpha value is -3.99. The summed E-state index contributed by atoms with van der Waals surface area (Å²) in [5.74, 6) is 0.0891. The van der Waals surface area contributed by atoms with E-state index in [2.05, 4.69) is 14.8 Å². The van der Waals surface area contributed by atoms with Gasteiger partial charge in [0, 0.05) is 67.8 Å². The third-order valence-corrected chi connectivity index (χ3v) is 8.20. The molecule has 0 radical (unpaired) electrons. The first-order valence-electron chi connectivity index (χ1n) is 13.7. The van der Waals surface area contributed by atoms with E-state index in [0.29, 0.717) is 54.6 Å². The fourth-order valence-electron chi connectivity index (χ4n) is 5.61. The zero-order chi connectivity index (χ0) is 28.5. The maximum atomic E-state index is 12.5. The van der Waals surface area contributed by atoms with Crippen LogP contribution in [-0.4, -0.2) is 97.5 Å². The molecule has 4 N–H and O–H groups in total.